The molecule has 0 spiro atoms. The van der Waals surface area contributed by atoms with E-state index >= 15 is 0 Å². The second kappa shape index (κ2) is 6.45. The molecule has 5 heteroatoms. The van der Waals surface area contributed by atoms with E-state index in [0.717, 1.165) is 21.5 Å². The summed E-state index contributed by atoms with van der Waals surface area (Å²) >= 11 is 1.46. The van der Waals surface area contributed by atoms with Gasteiger partial charge in [-0.1, -0.05) is 48.0 Å². The quantitative estimate of drug-likeness (QED) is 0.573. The molecule has 2 aromatic carbocycles. The molecular formula is C20H15N3OS. The Morgan fingerprint density at radius 1 is 1.08 bits per heavy atom. The van der Waals surface area contributed by atoms with Gasteiger partial charge in [0.15, 0.2) is 0 Å². The predicted molar refractivity (Wildman–Crippen MR) is 102 cm³/mol. The van der Waals surface area contributed by atoms with Crippen molar-refractivity contribution in [1.29, 1.82) is 0 Å². The van der Waals surface area contributed by atoms with Crippen molar-refractivity contribution in [2.45, 2.75) is 6.92 Å². The fourth-order valence-corrected chi connectivity index (χ4v) is 3.35. The van der Waals surface area contributed by atoms with Gasteiger partial charge in [-0.05, 0) is 19.1 Å². The van der Waals surface area contributed by atoms with Crippen LogP contribution in [0.3, 0.4) is 0 Å². The first kappa shape index (κ1) is 15.5. The van der Waals surface area contributed by atoms with Gasteiger partial charge in [-0.25, -0.2) is 4.98 Å². The van der Waals surface area contributed by atoms with Crippen LogP contribution in [0, 0.1) is 6.92 Å². The van der Waals surface area contributed by atoms with Crippen molar-refractivity contribution < 1.29 is 4.79 Å². The number of pyridine rings is 1. The summed E-state index contributed by atoms with van der Waals surface area (Å²) in [6, 6.07) is 17.8. The van der Waals surface area contributed by atoms with E-state index in [1.165, 1.54) is 16.9 Å². The number of nitrogens with one attached hydrogen (secondary N) is 1. The Kier molecular flexibility index (Phi) is 3.99. The summed E-state index contributed by atoms with van der Waals surface area (Å²) in [5.41, 5.74) is 4.18. The third kappa shape index (κ3) is 3.27. The van der Waals surface area contributed by atoms with E-state index in [4.69, 9.17) is 0 Å². The lowest BCUT2D eigenvalue weighted by Gasteiger charge is -2.04. The van der Waals surface area contributed by atoms with Gasteiger partial charge >= 0.3 is 0 Å². The average molecular weight is 345 g/mol. The molecule has 2 aromatic heterocycles. The number of benzene rings is 2. The van der Waals surface area contributed by atoms with E-state index in [2.05, 4.69) is 15.3 Å². The molecule has 1 amide bonds. The second-order valence-electron chi connectivity index (χ2n) is 5.77. The van der Waals surface area contributed by atoms with Crippen molar-refractivity contribution in [3.63, 3.8) is 0 Å². The molecule has 0 aliphatic carbocycles. The van der Waals surface area contributed by atoms with E-state index in [0.29, 0.717) is 11.4 Å². The number of anilines is 1. The zero-order valence-corrected chi connectivity index (χ0v) is 14.4. The van der Waals surface area contributed by atoms with Crippen LogP contribution in [0.1, 0.15) is 16.1 Å². The molecule has 0 saturated carbocycles. The Balaban J connectivity index is 1.55. The van der Waals surface area contributed by atoms with Gasteiger partial charge < -0.3 is 5.32 Å². The molecule has 25 heavy (non-hydrogen) atoms. The molecule has 0 aliphatic rings. The number of para-hydroxylation sites is 1. The summed E-state index contributed by atoms with van der Waals surface area (Å²) in [6.07, 6.45) is 1.66. The SMILES string of the molecule is Cc1ccc(-c2nc(C(=O)Nc3cnc4ccccc4c3)cs2)cc1. The lowest BCUT2D eigenvalue weighted by atomic mass is 10.2. The van der Waals surface area contributed by atoms with Gasteiger partial charge in [0.2, 0.25) is 0 Å². The highest BCUT2D eigenvalue weighted by atomic mass is 32.1. The summed E-state index contributed by atoms with van der Waals surface area (Å²) in [5, 5.41) is 6.46. The van der Waals surface area contributed by atoms with Crippen molar-refractivity contribution in [2.75, 3.05) is 5.32 Å². The van der Waals surface area contributed by atoms with Crippen LogP contribution in [0.15, 0.2) is 66.2 Å². The van der Waals surface area contributed by atoms with E-state index < -0.39 is 0 Å². The van der Waals surface area contributed by atoms with Gasteiger partial charge in [0, 0.05) is 16.3 Å². The third-order valence-electron chi connectivity index (χ3n) is 3.88. The summed E-state index contributed by atoms with van der Waals surface area (Å²) in [7, 11) is 0. The molecule has 4 rings (SSSR count). The second-order valence-corrected chi connectivity index (χ2v) is 6.63. The molecule has 0 bridgehead atoms. The Labute approximate surface area is 149 Å². The van der Waals surface area contributed by atoms with Crippen molar-refractivity contribution in [1.82, 2.24) is 9.97 Å². The number of carbonyl (C=O) groups is 1. The van der Waals surface area contributed by atoms with Gasteiger partial charge in [-0.15, -0.1) is 11.3 Å². The Hall–Kier alpha value is -3.05. The van der Waals surface area contributed by atoms with Crippen LogP contribution in [0.4, 0.5) is 5.69 Å². The highest BCUT2D eigenvalue weighted by Gasteiger charge is 2.12. The Morgan fingerprint density at radius 2 is 1.88 bits per heavy atom. The largest absolute Gasteiger partial charge is 0.319 e. The highest BCUT2D eigenvalue weighted by Crippen LogP contribution is 2.24. The molecule has 1 N–H and O–H groups in total. The molecule has 0 atom stereocenters. The first-order chi connectivity index (χ1) is 12.2. The Morgan fingerprint density at radius 3 is 2.72 bits per heavy atom. The number of aryl methyl sites for hydroxylation is 1. The number of nitrogens with zero attached hydrogens (tertiary/aromatic N) is 2. The smallest absolute Gasteiger partial charge is 0.275 e. The van der Waals surface area contributed by atoms with E-state index in [9.17, 15) is 4.79 Å². The highest BCUT2D eigenvalue weighted by molar-refractivity contribution is 7.13. The summed E-state index contributed by atoms with van der Waals surface area (Å²) in [6.45, 7) is 2.04. The molecule has 0 saturated heterocycles. The fourth-order valence-electron chi connectivity index (χ4n) is 2.54. The van der Waals surface area contributed by atoms with Crippen LogP contribution in [0.2, 0.25) is 0 Å². The molecule has 0 unspecified atom stereocenters. The number of aromatic nitrogens is 2. The first-order valence-corrected chi connectivity index (χ1v) is 8.76. The molecular weight excluding hydrogens is 330 g/mol. The standard InChI is InChI=1S/C20H15N3OS/c1-13-6-8-14(9-7-13)20-23-18(12-25-20)19(24)22-16-10-15-4-2-3-5-17(15)21-11-16/h2-12H,1H3,(H,22,24). The van der Waals surface area contributed by atoms with Crippen LogP contribution < -0.4 is 5.32 Å². The predicted octanol–water partition coefficient (Wildman–Crippen LogP) is 4.92. The van der Waals surface area contributed by atoms with Gasteiger partial charge in [0.05, 0.1) is 17.4 Å². The number of hydrogen-bond acceptors (Lipinski definition) is 4. The van der Waals surface area contributed by atoms with Crippen molar-refractivity contribution >= 4 is 33.8 Å². The van der Waals surface area contributed by atoms with Crippen molar-refractivity contribution in [3.05, 3.63) is 77.4 Å². The molecule has 0 radical (unpaired) electrons. The zero-order chi connectivity index (χ0) is 17.2. The number of carbonyl (C=O) groups excluding carboxylic acids is 1. The number of fused-ring (bicyclic) bond motifs is 1. The maximum Gasteiger partial charge on any atom is 0.275 e. The van der Waals surface area contributed by atoms with Crippen LogP contribution >= 0.6 is 11.3 Å². The minimum atomic E-state index is -0.230. The average Bonchev–Trinajstić information content (AvgIpc) is 3.12. The van der Waals surface area contributed by atoms with Crippen LogP contribution in [-0.4, -0.2) is 15.9 Å². The first-order valence-electron chi connectivity index (χ1n) is 7.88. The maximum atomic E-state index is 12.5. The van der Waals surface area contributed by atoms with E-state index in [1.54, 1.807) is 11.6 Å². The lowest BCUT2D eigenvalue weighted by Crippen LogP contribution is -2.12. The minimum absolute atomic E-state index is 0.230. The minimum Gasteiger partial charge on any atom is -0.319 e. The van der Waals surface area contributed by atoms with Gasteiger partial charge in [-0.3, -0.25) is 9.78 Å². The monoisotopic (exact) mass is 345 g/mol. The molecule has 2 heterocycles. The van der Waals surface area contributed by atoms with Crippen LogP contribution in [0.25, 0.3) is 21.5 Å². The number of amides is 1. The molecule has 4 nitrogen and oxygen atoms in total. The van der Waals surface area contributed by atoms with E-state index in [1.807, 2.05) is 61.5 Å². The van der Waals surface area contributed by atoms with Gasteiger partial charge in [0.25, 0.3) is 5.91 Å². The summed E-state index contributed by atoms with van der Waals surface area (Å²) in [5.74, 6) is -0.230. The summed E-state index contributed by atoms with van der Waals surface area (Å²) in [4.78, 5) is 21.3. The van der Waals surface area contributed by atoms with Crippen LogP contribution in [-0.2, 0) is 0 Å². The number of rotatable bonds is 3. The van der Waals surface area contributed by atoms with Crippen molar-refractivity contribution in [2.24, 2.45) is 0 Å². The third-order valence-corrected chi connectivity index (χ3v) is 4.78. The molecule has 0 fully saturated rings. The Bertz CT molecular complexity index is 1050. The normalized spacial score (nSPS) is 10.8. The maximum absolute atomic E-state index is 12.5. The molecule has 0 aliphatic heterocycles. The fraction of sp³-hybridized carbons (Fsp3) is 0.0500. The van der Waals surface area contributed by atoms with Crippen LogP contribution in [0.5, 0.6) is 0 Å². The van der Waals surface area contributed by atoms with Gasteiger partial charge in [-0.2, -0.15) is 0 Å². The van der Waals surface area contributed by atoms with Crippen molar-refractivity contribution in [3.8, 4) is 10.6 Å². The van der Waals surface area contributed by atoms with E-state index in [-0.39, 0.29) is 5.91 Å². The summed E-state index contributed by atoms with van der Waals surface area (Å²) < 4.78 is 0. The zero-order valence-electron chi connectivity index (χ0n) is 13.6. The number of thiazole rings is 1. The van der Waals surface area contributed by atoms with Gasteiger partial charge in [0.1, 0.15) is 10.7 Å². The lowest BCUT2D eigenvalue weighted by molar-refractivity contribution is 0.102. The molecule has 122 valence electrons. The number of hydrogen-bond donors (Lipinski definition) is 1. The molecule has 4 aromatic rings. The topological polar surface area (TPSA) is 54.9 Å².